The molecule has 4 heteroatoms. The first kappa shape index (κ1) is 13.3. The lowest BCUT2D eigenvalue weighted by Crippen LogP contribution is -2.24. The summed E-state index contributed by atoms with van der Waals surface area (Å²) in [6, 6.07) is 12.0. The van der Waals surface area contributed by atoms with Gasteiger partial charge in [0.2, 0.25) is 0 Å². The molecule has 0 aliphatic carbocycles. The number of benzene rings is 1. The molecule has 20 heavy (non-hydrogen) atoms. The predicted molar refractivity (Wildman–Crippen MR) is 77.0 cm³/mol. The Labute approximate surface area is 119 Å². The number of likely N-dealkylation sites (tertiary alicyclic amines) is 1. The van der Waals surface area contributed by atoms with E-state index < -0.39 is 0 Å². The number of aliphatic hydroxyl groups excluding tert-OH is 1. The molecule has 0 saturated carbocycles. The van der Waals surface area contributed by atoms with Gasteiger partial charge in [-0.05, 0) is 25.8 Å². The van der Waals surface area contributed by atoms with E-state index in [1.54, 1.807) is 0 Å². The van der Waals surface area contributed by atoms with E-state index in [2.05, 4.69) is 10.1 Å². The summed E-state index contributed by atoms with van der Waals surface area (Å²) in [7, 11) is 0. The SMILES string of the molecule is CC(O)C1CCN(Cc2cc(-c3ccccc3)on2)C1. The maximum Gasteiger partial charge on any atom is 0.167 e. The van der Waals surface area contributed by atoms with Gasteiger partial charge in [-0.25, -0.2) is 0 Å². The topological polar surface area (TPSA) is 49.5 Å². The van der Waals surface area contributed by atoms with Crippen LogP contribution in [0.5, 0.6) is 0 Å². The van der Waals surface area contributed by atoms with Crippen molar-refractivity contribution >= 4 is 0 Å². The summed E-state index contributed by atoms with van der Waals surface area (Å²) in [5, 5.41) is 13.8. The van der Waals surface area contributed by atoms with E-state index in [9.17, 15) is 5.11 Å². The lowest BCUT2D eigenvalue weighted by molar-refractivity contribution is 0.127. The molecule has 4 nitrogen and oxygen atoms in total. The van der Waals surface area contributed by atoms with Crippen LogP contribution in [0.1, 0.15) is 19.0 Å². The van der Waals surface area contributed by atoms with Gasteiger partial charge in [0.25, 0.3) is 0 Å². The summed E-state index contributed by atoms with van der Waals surface area (Å²) in [6.45, 7) is 4.62. The normalized spacial score (nSPS) is 21.2. The van der Waals surface area contributed by atoms with Gasteiger partial charge in [0.15, 0.2) is 5.76 Å². The zero-order valence-electron chi connectivity index (χ0n) is 11.7. The van der Waals surface area contributed by atoms with E-state index in [1.165, 1.54) is 0 Å². The van der Waals surface area contributed by atoms with Gasteiger partial charge in [-0.2, -0.15) is 0 Å². The standard InChI is InChI=1S/C16H20N2O2/c1-12(19)14-7-8-18(10-14)11-15-9-16(20-17-15)13-5-3-2-4-6-13/h2-6,9,12,14,19H,7-8,10-11H2,1H3. The molecule has 3 rings (SSSR count). The molecule has 1 fully saturated rings. The summed E-state index contributed by atoms with van der Waals surface area (Å²) in [6.07, 6.45) is 0.832. The molecule has 1 aromatic heterocycles. The van der Waals surface area contributed by atoms with Crippen molar-refractivity contribution in [3.63, 3.8) is 0 Å². The van der Waals surface area contributed by atoms with Crippen LogP contribution in [0.25, 0.3) is 11.3 Å². The highest BCUT2D eigenvalue weighted by molar-refractivity contribution is 5.56. The first-order chi connectivity index (χ1) is 9.72. The monoisotopic (exact) mass is 272 g/mol. The Morgan fingerprint density at radius 2 is 2.20 bits per heavy atom. The van der Waals surface area contributed by atoms with Crippen molar-refractivity contribution in [3.05, 3.63) is 42.1 Å². The molecule has 0 radical (unpaired) electrons. The fourth-order valence-electron chi connectivity index (χ4n) is 2.75. The molecule has 0 spiro atoms. The molecule has 2 unspecified atom stereocenters. The number of nitrogens with zero attached hydrogens (tertiary/aromatic N) is 2. The van der Waals surface area contributed by atoms with Crippen LogP contribution in [-0.4, -0.2) is 34.4 Å². The van der Waals surface area contributed by atoms with Crippen molar-refractivity contribution in [2.24, 2.45) is 5.92 Å². The molecule has 2 aromatic rings. The Morgan fingerprint density at radius 3 is 2.90 bits per heavy atom. The molecule has 1 aliphatic rings. The zero-order chi connectivity index (χ0) is 13.9. The minimum Gasteiger partial charge on any atom is -0.393 e. The molecule has 2 atom stereocenters. The number of hydrogen-bond donors (Lipinski definition) is 1. The lowest BCUT2D eigenvalue weighted by atomic mass is 10.0. The second kappa shape index (κ2) is 5.77. The largest absolute Gasteiger partial charge is 0.393 e. The average molecular weight is 272 g/mol. The van der Waals surface area contributed by atoms with Crippen molar-refractivity contribution in [2.45, 2.75) is 26.0 Å². The van der Waals surface area contributed by atoms with E-state index >= 15 is 0 Å². The van der Waals surface area contributed by atoms with Crippen LogP contribution in [0, 0.1) is 5.92 Å². The summed E-state index contributed by atoms with van der Waals surface area (Å²) in [4.78, 5) is 2.32. The average Bonchev–Trinajstić information content (AvgIpc) is 3.10. The van der Waals surface area contributed by atoms with Crippen molar-refractivity contribution in [1.82, 2.24) is 10.1 Å². The van der Waals surface area contributed by atoms with Crippen LogP contribution in [0.4, 0.5) is 0 Å². The highest BCUT2D eigenvalue weighted by Gasteiger charge is 2.26. The van der Waals surface area contributed by atoms with Gasteiger partial charge >= 0.3 is 0 Å². The molecular formula is C16H20N2O2. The summed E-state index contributed by atoms with van der Waals surface area (Å²) in [5.41, 5.74) is 2.00. The summed E-state index contributed by atoms with van der Waals surface area (Å²) < 4.78 is 5.41. The molecule has 1 aliphatic heterocycles. The second-order valence-electron chi connectivity index (χ2n) is 5.57. The molecule has 0 amide bonds. The van der Waals surface area contributed by atoms with Gasteiger partial charge in [-0.1, -0.05) is 35.5 Å². The van der Waals surface area contributed by atoms with Crippen LogP contribution >= 0.6 is 0 Å². The quantitative estimate of drug-likeness (QED) is 0.929. The Balaban J connectivity index is 1.64. The van der Waals surface area contributed by atoms with Gasteiger partial charge in [-0.3, -0.25) is 4.90 Å². The Kier molecular flexibility index (Phi) is 3.85. The molecular weight excluding hydrogens is 252 g/mol. The third-order valence-corrected chi connectivity index (χ3v) is 3.99. The predicted octanol–water partition coefficient (Wildman–Crippen LogP) is 2.54. The van der Waals surface area contributed by atoms with Gasteiger partial charge in [0, 0.05) is 24.7 Å². The Bertz CT molecular complexity index is 551. The van der Waals surface area contributed by atoms with Gasteiger partial charge in [0.1, 0.15) is 0 Å². The number of aliphatic hydroxyl groups is 1. The highest BCUT2D eigenvalue weighted by atomic mass is 16.5. The summed E-state index contributed by atoms with van der Waals surface area (Å²) >= 11 is 0. The second-order valence-corrected chi connectivity index (χ2v) is 5.57. The highest BCUT2D eigenvalue weighted by Crippen LogP contribution is 2.24. The molecule has 0 bridgehead atoms. The van der Waals surface area contributed by atoms with Crippen molar-refractivity contribution in [2.75, 3.05) is 13.1 Å². The zero-order valence-corrected chi connectivity index (χ0v) is 11.7. The third-order valence-electron chi connectivity index (χ3n) is 3.99. The first-order valence-electron chi connectivity index (χ1n) is 7.14. The van der Waals surface area contributed by atoms with Crippen molar-refractivity contribution < 1.29 is 9.63 Å². The minimum absolute atomic E-state index is 0.225. The lowest BCUT2D eigenvalue weighted by Gasteiger charge is -2.15. The van der Waals surface area contributed by atoms with Crippen LogP contribution in [-0.2, 0) is 6.54 Å². The smallest absolute Gasteiger partial charge is 0.167 e. The van der Waals surface area contributed by atoms with E-state index in [4.69, 9.17) is 4.52 Å². The summed E-state index contributed by atoms with van der Waals surface area (Å²) in [5.74, 6) is 1.20. The van der Waals surface area contributed by atoms with Crippen LogP contribution < -0.4 is 0 Å². The maximum atomic E-state index is 9.63. The van der Waals surface area contributed by atoms with E-state index in [1.807, 2.05) is 43.3 Å². The number of aromatic nitrogens is 1. The van der Waals surface area contributed by atoms with Crippen molar-refractivity contribution in [3.8, 4) is 11.3 Å². The van der Waals surface area contributed by atoms with Crippen LogP contribution in [0.3, 0.4) is 0 Å². The number of rotatable bonds is 4. The van der Waals surface area contributed by atoms with E-state index in [0.717, 1.165) is 43.1 Å². The molecule has 1 N–H and O–H groups in total. The Hall–Kier alpha value is -1.65. The van der Waals surface area contributed by atoms with Crippen LogP contribution in [0.15, 0.2) is 40.9 Å². The van der Waals surface area contributed by atoms with Gasteiger partial charge < -0.3 is 9.63 Å². The minimum atomic E-state index is -0.225. The van der Waals surface area contributed by atoms with Gasteiger partial charge in [-0.15, -0.1) is 0 Å². The number of hydrogen-bond acceptors (Lipinski definition) is 4. The van der Waals surface area contributed by atoms with Crippen LogP contribution in [0.2, 0.25) is 0 Å². The molecule has 1 aromatic carbocycles. The molecule has 1 saturated heterocycles. The van der Waals surface area contributed by atoms with E-state index in [-0.39, 0.29) is 6.10 Å². The van der Waals surface area contributed by atoms with Crippen molar-refractivity contribution in [1.29, 1.82) is 0 Å². The molecule has 2 heterocycles. The fourth-order valence-corrected chi connectivity index (χ4v) is 2.75. The first-order valence-corrected chi connectivity index (χ1v) is 7.14. The fraction of sp³-hybridized carbons (Fsp3) is 0.438. The Morgan fingerprint density at radius 1 is 1.40 bits per heavy atom. The van der Waals surface area contributed by atoms with Gasteiger partial charge in [0.05, 0.1) is 11.8 Å². The third kappa shape index (κ3) is 2.92. The maximum absolute atomic E-state index is 9.63. The van der Waals surface area contributed by atoms with E-state index in [0.29, 0.717) is 5.92 Å². The molecule has 106 valence electrons.